The second kappa shape index (κ2) is 4.24. The molecule has 1 saturated heterocycles. The molecule has 82 valence electrons. The van der Waals surface area contributed by atoms with Gasteiger partial charge in [-0.05, 0) is 0 Å². The zero-order valence-electron chi connectivity index (χ0n) is 7.51. The van der Waals surface area contributed by atoms with Crippen LogP contribution in [0.25, 0.3) is 0 Å². The molecule has 0 spiro atoms. The molecule has 0 radical (unpaired) electrons. The van der Waals surface area contributed by atoms with Crippen molar-refractivity contribution in [3.63, 3.8) is 0 Å². The first-order valence-electron chi connectivity index (χ1n) is 4.24. The number of carboxylic acid groups (broad SMARTS) is 1. The van der Waals surface area contributed by atoms with Gasteiger partial charge >= 0.3 is 5.97 Å². The molecule has 0 bridgehead atoms. The van der Waals surface area contributed by atoms with E-state index in [1.54, 1.807) is 0 Å². The van der Waals surface area contributed by atoms with Crippen LogP contribution in [-0.2, 0) is 14.6 Å². The molecule has 2 unspecified atom stereocenters. The van der Waals surface area contributed by atoms with Crippen LogP contribution in [0.3, 0.4) is 0 Å². The number of rotatable bonds is 4. The van der Waals surface area contributed by atoms with E-state index in [1.807, 2.05) is 0 Å². The lowest BCUT2D eigenvalue weighted by Gasteiger charge is -2.13. The third-order valence-corrected chi connectivity index (χ3v) is 3.78. The van der Waals surface area contributed by atoms with Crippen molar-refractivity contribution in [2.75, 3.05) is 18.1 Å². The minimum Gasteiger partial charge on any atom is -0.481 e. The Bertz CT molecular complexity index is 312. The number of carbonyl (C=O) groups is 1. The summed E-state index contributed by atoms with van der Waals surface area (Å²) in [6.07, 6.45) is -1.00. The summed E-state index contributed by atoms with van der Waals surface area (Å²) in [6.45, 7) is 0.173. The molecule has 1 heterocycles. The number of nitrogens with one attached hydrogen (secondary N) is 1. The van der Waals surface area contributed by atoms with E-state index in [1.165, 1.54) is 0 Å². The maximum absolute atomic E-state index is 11.0. The standard InChI is InChI=1S/C7H13NO5S/c9-6-4-14(12,13)3-5(6)8-2-1-7(10)11/h5-6,8-9H,1-4H2,(H,10,11). The van der Waals surface area contributed by atoms with Gasteiger partial charge in [0, 0.05) is 12.6 Å². The molecule has 0 amide bonds. The molecule has 3 N–H and O–H groups in total. The van der Waals surface area contributed by atoms with Crippen molar-refractivity contribution in [2.24, 2.45) is 0 Å². The number of aliphatic hydroxyl groups is 1. The lowest BCUT2D eigenvalue weighted by atomic mass is 10.2. The lowest BCUT2D eigenvalue weighted by Crippen LogP contribution is -2.39. The summed E-state index contributed by atoms with van der Waals surface area (Å²) < 4.78 is 22.1. The molecule has 14 heavy (non-hydrogen) atoms. The highest BCUT2D eigenvalue weighted by Crippen LogP contribution is 2.12. The van der Waals surface area contributed by atoms with Crippen molar-refractivity contribution in [3.8, 4) is 0 Å². The number of hydrogen-bond acceptors (Lipinski definition) is 5. The first kappa shape index (κ1) is 11.4. The molecule has 0 aromatic carbocycles. The Morgan fingerprint density at radius 3 is 2.50 bits per heavy atom. The SMILES string of the molecule is O=C(O)CCNC1CS(=O)(=O)CC1O. The van der Waals surface area contributed by atoms with E-state index in [0.717, 1.165) is 0 Å². The number of sulfone groups is 1. The van der Waals surface area contributed by atoms with Crippen LogP contribution in [0.5, 0.6) is 0 Å². The normalized spacial score (nSPS) is 30.4. The molecule has 2 atom stereocenters. The van der Waals surface area contributed by atoms with Gasteiger partial charge in [-0.25, -0.2) is 8.42 Å². The van der Waals surface area contributed by atoms with Crippen LogP contribution >= 0.6 is 0 Å². The first-order chi connectivity index (χ1) is 6.41. The molecule has 6 nitrogen and oxygen atoms in total. The highest BCUT2D eigenvalue weighted by molar-refractivity contribution is 7.91. The van der Waals surface area contributed by atoms with E-state index in [-0.39, 0.29) is 24.5 Å². The molecule has 0 aromatic heterocycles. The van der Waals surface area contributed by atoms with Gasteiger partial charge in [-0.15, -0.1) is 0 Å². The number of aliphatic carboxylic acids is 1. The molecular formula is C7H13NO5S. The first-order valence-corrected chi connectivity index (χ1v) is 6.06. The second-order valence-corrected chi connectivity index (χ2v) is 5.50. The summed E-state index contributed by atoms with van der Waals surface area (Å²) in [6, 6.07) is -0.528. The van der Waals surface area contributed by atoms with Crippen LogP contribution in [0.15, 0.2) is 0 Å². The zero-order valence-corrected chi connectivity index (χ0v) is 8.33. The number of aliphatic hydroxyl groups excluding tert-OH is 1. The summed E-state index contributed by atoms with van der Waals surface area (Å²) in [5.74, 6) is -1.31. The average Bonchev–Trinajstić information content (AvgIpc) is 2.24. The largest absolute Gasteiger partial charge is 0.481 e. The topological polar surface area (TPSA) is 104 Å². The molecule has 7 heteroatoms. The average molecular weight is 223 g/mol. The Hall–Kier alpha value is -0.660. The Balaban J connectivity index is 2.36. The third-order valence-electron chi connectivity index (χ3n) is 2.07. The van der Waals surface area contributed by atoms with Crippen molar-refractivity contribution in [2.45, 2.75) is 18.6 Å². The Morgan fingerprint density at radius 2 is 2.07 bits per heavy atom. The van der Waals surface area contributed by atoms with Crippen LogP contribution < -0.4 is 5.32 Å². The Morgan fingerprint density at radius 1 is 1.43 bits per heavy atom. The van der Waals surface area contributed by atoms with Crippen molar-refractivity contribution in [1.82, 2.24) is 5.32 Å². The minimum absolute atomic E-state index is 0.0801. The van der Waals surface area contributed by atoms with Gasteiger partial charge in [-0.2, -0.15) is 0 Å². The summed E-state index contributed by atoms with van der Waals surface area (Å²) in [5.41, 5.74) is 0. The monoisotopic (exact) mass is 223 g/mol. The third kappa shape index (κ3) is 3.24. The quantitative estimate of drug-likeness (QED) is 0.520. The van der Waals surface area contributed by atoms with Crippen LogP contribution in [-0.4, -0.2) is 54.8 Å². The maximum atomic E-state index is 11.0. The van der Waals surface area contributed by atoms with Crippen LogP contribution in [0.4, 0.5) is 0 Å². The van der Waals surface area contributed by atoms with Gasteiger partial charge in [-0.1, -0.05) is 0 Å². The molecular weight excluding hydrogens is 210 g/mol. The smallest absolute Gasteiger partial charge is 0.304 e. The molecule has 1 aliphatic rings. The van der Waals surface area contributed by atoms with Gasteiger partial charge in [0.2, 0.25) is 0 Å². The fourth-order valence-corrected chi connectivity index (χ4v) is 3.16. The molecule has 0 aromatic rings. The predicted octanol–water partition coefficient (Wildman–Crippen LogP) is -1.79. The van der Waals surface area contributed by atoms with Gasteiger partial charge in [0.05, 0.1) is 24.0 Å². The van der Waals surface area contributed by atoms with Gasteiger partial charge < -0.3 is 15.5 Å². The molecule has 0 saturated carbocycles. The fraction of sp³-hybridized carbons (Fsp3) is 0.857. The molecule has 0 aliphatic carbocycles. The van der Waals surface area contributed by atoms with E-state index < -0.39 is 28.0 Å². The van der Waals surface area contributed by atoms with Gasteiger partial charge in [0.25, 0.3) is 0 Å². The zero-order chi connectivity index (χ0) is 10.8. The maximum Gasteiger partial charge on any atom is 0.304 e. The summed E-state index contributed by atoms with van der Waals surface area (Å²) in [5, 5.41) is 20.3. The van der Waals surface area contributed by atoms with Crippen molar-refractivity contribution in [3.05, 3.63) is 0 Å². The van der Waals surface area contributed by atoms with Gasteiger partial charge in [0.1, 0.15) is 0 Å². The van der Waals surface area contributed by atoms with Gasteiger partial charge in [0.15, 0.2) is 9.84 Å². The van der Waals surface area contributed by atoms with E-state index in [9.17, 15) is 18.3 Å². The fourth-order valence-electron chi connectivity index (χ4n) is 1.39. The van der Waals surface area contributed by atoms with Crippen LogP contribution in [0.1, 0.15) is 6.42 Å². The van der Waals surface area contributed by atoms with Crippen LogP contribution in [0, 0.1) is 0 Å². The molecule has 1 rings (SSSR count). The highest BCUT2D eigenvalue weighted by atomic mass is 32.2. The molecule has 1 aliphatic heterocycles. The van der Waals surface area contributed by atoms with E-state index >= 15 is 0 Å². The van der Waals surface area contributed by atoms with E-state index in [0.29, 0.717) is 0 Å². The van der Waals surface area contributed by atoms with Crippen molar-refractivity contribution >= 4 is 15.8 Å². The minimum atomic E-state index is -3.16. The summed E-state index contributed by atoms with van der Waals surface area (Å²) >= 11 is 0. The van der Waals surface area contributed by atoms with Crippen LogP contribution in [0.2, 0.25) is 0 Å². The predicted molar refractivity (Wildman–Crippen MR) is 48.7 cm³/mol. The molecule has 1 fully saturated rings. The second-order valence-electron chi connectivity index (χ2n) is 3.35. The van der Waals surface area contributed by atoms with Gasteiger partial charge in [-0.3, -0.25) is 4.79 Å². The lowest BCUT2D eigenvalue weighted by molar-refractivity contribution is -0.136. The number of carboxylic acids is 1. The van der Waals surface area contributed by atoms with Crippen molar-refractivity contribution < 1.29 is 23.4 Å². The van der Waals surface area contributed by atoms with Crippen molar-refractivity contribution in [1.29, 1.82) is 0 Å². The highest BCUT2D eigenvalue weighted by Gasteiger charge is 2.35. The van der Waals surface area contributed by atoms with E-state index in [4.69, 9.17) is 5.11 Å². The summed E-state index contributed by atoms with van der Waals surface area (Å²) in [4.78, 5) is 10.2. The Kier molecular flexibility index (Phi) is 3.46. The summed E-state index contributed by atoms with van der Waals surface area (Å²) in [7, 11) is -3.16. The number of hydrogen-bond donors (Lipinski definition) is 3. The van der Waals surface area contributed by atoms with E-state index in [2.05, 4.69) is 5.32 Å². The Labute approximate surface area is 81.8 Å².